The number of rotatable bonds is 2. The smallest absolute Gasteiger partial charge is 0.228 e. The van der Waals surface area contributed by atoms with Crippen molar-refractivity contribution in [2.24, 2.45) is 0 Å². The molecule has 104 valence electrons. The van der Waals surface area contributed by atoms with Crippen molar-refractivity contribution < 1.29 is 9.18 Å². The second-order valence-corrected chi connectivity index (χ2v) is 5.08. The number of carbonyl (C=O) groups is 1. The van der Waals surface area contributed by atoms with Crippen LogP contribution < -0.4 is 4.90 Å². The lowest BCUT2D eigenvalue weighted by atomic mass is 10.2. The molecule has 3 aromatic rings. The van der Waals surface area contributed by atoms with E-state index in [-0.39, 0.29) is 11.7 Å². The Morgan fingerprint density at radius 2 is 1.86 bits per heavy atom. The molecule has 1 amide bonds. The van der Waals surface area contributed by atoms with Crippen molar-refractivity contribution in [2.75, 3.05) is 11.4 Å². The second-order valence-electron chi connectivity index (χ2n) is 5.08. The molecule has 0 radical (unpaired) electrons. The number of pyridine rings is 1. The number of hydrogen-bond donors (Lipinski definition) is 0. The van der Waals surface area contributed by atoms with Gasteiger partial charge in [-0.2, -0.15) is 0 Å². The predicted molar refractivity (Wildman–Crippen MR) is 77.6 cm³/mol. The standard InChI is InChI=1S/C16H12FN3O/c17-12-3-1-11(2-4-12)14-10-19-9-13(5-6-15(19)18-14)20-8-7-16(20)21/h1-6,9-10H,7-8H2. The molecule has 1 aliphatic heterocycles. The van der Waals surface area contributed by atoms with Crippen molar-refractivity contribution in [3.8, 4) is 11.3 Å². The molecule has 1 fully saturated rings. The number of benzene rings is 1. The third kappa shape index (κ3) is 1.98. The van der Waals surface area contributed by atoms with Crippen LogP contribution in [-0.4, -0.2) is 21.8 Å². The molecule has 5 heteroatoms. The van der Waals surface area contributed by atoms with E-state index in [1.807, 2.05) is 28.9 Å². The van der Waals surface area contributed by atoms with Crippen LogP contribution in [0.25, 0.3) is 16.9 Å². The molecule has 0 saturated carbocycles. The largest absolute Gasteiger partial charge is 0.310 e. The zero-order valence-corrected chi connectivity index (χ0v) is 11.2. The number of imidazole rings is 1. The number of carbonyl (C=O) groups excluding carboxylic acids is 1. The van der Waals surface area contributed by atoms with Gasteiger partial charge in [0.15, 0.2) is 0 Å². The molecule has 0 spiro atoms. The molecule has 1 aliphatic rings. The molecule has 4 rings (SSSR count). The van der Waals surface area contributed by atoms with E-state index in [0.29, 0.717) is 6.42 Å². The molecule has 21 heavy (non-hydrogen) atoms. The highest BCUT2D eigenvalue weighted by atomic mass is 19.1. The van der Waals surface area contributed by atoms with Gasteiger partial charge in [0.05, 0.1) is 11.4 Å². The maximum Gasteiger partial charge on any atom is 0.228 e. The van der Waals surface area contributed by atoms with Gasteiger partial charge in [-0.1, -0.05) is 0 Å². The quantitative estimate of drug-likeness (QED) is 0.677. The van der Waals surface area contributed by atoms with E-state index in [4.69, 9.17) is 0 Å². The van der Waals surface area contributed by atoms with Crippen LogP contribution in [0.15, 0.2) is 48.8 Å². The molecular weight excluding hydrogens is 269 g/mol. The van der Waals surface area contributed by atoms with Gasteiger partial charge in [0.1, 0.15) is 11.5 Å². The first-order valence-electron chi connectivity index (χ1n) is 6.76. The summed E-state index contributed by atoms with van der Waals surface area (Å²) in [5.41, 5.74) is 3.32. The van der Waals surface area contributed by atoms with Crippen LogP contribution in [0.1, 0.15) is 6.42 Å². The molecule has 3 heterocycles. The van der Waals surface area contributed by atoms with Gasteiger partial charge < -0.3 is 9.30 Å². The summed E-state index contributed by atoms with van der Waals surface area (Å²) in [6.07, 6.45) is 4.39. The lowest BCUT2D eigenvalue weighted by Crippen LogP contribution is -2.43. The maximum absolute atomic E-state index is 13.0. The summed E-state index contributed by atoms with van der Waals surface area (Å²) in [5, 5.41) is 0. The van der Waals surface area contributed by atoms with Crippen molar-refractivity contribution >= 4 is 17.2 Å². The Morgan fingerprint density at radius 1 is 1.05 bits per heavy atom. The molecule has 0 unspecified atom stereocenters. The second kappa shape index (κ2) is 4.41. The first kappa shape index (κ1) is 12.1. The zero-order valence-electron chi connectivity index (χ0n) is 11.2. The van der Waals surface area contributed by atoms with Gasteiger partial charge in [0.25, 0.3) is 0 Å². The Kier molecular flexibility index (Phi) is 2.54. The molecule has 0 aliphatic carbocycles. The van der Waals surface area contributed by atoms with Crippen molar-refractivity contribution in [2.45, 2.75) is 6.42 Å². The number of halogens is 1. The lowest BCUT2D eigenvalue weighted by Gasteiger charge is -2.30. The van der Waals surface area contributed by atoms with Crippen LogP contribution in [0.3, 0.4) is 0 Å². The number of hydrogen-bond acceptors (Lipinski definition) is 2. The Bertz CT molecular complexity index is 838. The van der Waals surface area contributed by atoms with Gasteiger partial charge in [-0.05, 0) is 36.4 Å². The molecule has 4 nitrogen and oxygen atoms in total. The Labute approximate surface area is 120 Å². The minimum atomic E-state index is -0.263. The van der Waals surface area contributed by atoms with Gasteiger partial charge >= 0.3 is 0 Å². The predicted octanol–water partition coefficient (Wildman–Crippen LogP) is 2.88. The summed E-state index contributed by atoms with van der Waals surface area (Å²) in [7, 11) is 0. The van der Waals surface area contributed by atoms with Crippen molar-refractivity contribution in [3.05, 3.63) is 54.6 Å². The number of aromatic nitrogens is 2. The fraction of sp³-hybridized carbons (Fsp3) is 0.125. The molecule has 0 bridgehead atoms. The molecule has 1 saturated heterocycles. The van der Waals surface area contributed by atoms with Crippen molar-refractivity contribution in [1.29, 1.82) is 0 Å². The number of nitrogens with zero attached hydrogens (tertiary/aromatic N) is 3. The number of β-lactam (4-membered cyclic amide) rings is 1. The molecular formula is C16H12FN3O. The maximum atomic E-state index is 13.0. The number of anilines is 1. The highest BCUT2D eigenvalue weighted by Crippen LogP contribution is 2.24. The fourth-order valence-corrected chi connectivity index (χ4v) is 2.49. The summed E-state index contributed by atoms with van der Waals surface area (Å²) in [4.78, 5) is 17.8. The summed E-state index contributed by atoms with van der Waals surface area (Å²) in [6.45, 7) is 0.768. The van der Waals surface area contributed by atoms with Gasteiger partial charge in [-0.3, -0.25) is 4.79 Å². The SMILES string of the molecule is O=C1CCN1c1ccc2nc(-c3ccc(F)cc3)cn2c1. The molecule has 0 atom stereocenters. The van der Waals surface area contributed by atoms with E-state index in [0.717, 1.165) is 29.1 Å². The summed E-state index contributed by atoms with van der Waals surface area (Å²) >= 11 is 0. The zero-order chi connectivity index (χ0) is 14.4. The van der Waals surface area contributed by atoms with Crippen molar-refractivity contribution in [3.63, 3.8) is 0 Å². The molecule has 0 N–H and O–H groups in total. The van der Waals surface area contributed by atoms with E-state index in [1.54, 1.807) is 17.0 Å². The third-order valence-corrected chi connectivity index (χ3v) is 3.74. The van der Waals surface area contributed by atoms with Crippen LogP contribution in [0.4, 0.5) is 10.1 Å². The van der Waals surface area contributed by atoms with E-state index in [2.05, 4.69) is 4.98 Å². The summed E-state index contributed by atoms with van der Waals surface area (Å²) < 4.78 is 14.9. The Morgan fingerprint density at radius 3 is 2.52 bits per heavy atom. The van der Waals surface area contributed by atoms with Gasteiger partial charge in [-0.15, -0.1) is 0 Å². The summed E-state index contributed by atoms with van der Waals surface area (Å²) in [5.74, 6) is -0.116. The monoisotopic (exact) mass is 281 g/mol. The van der Waals surface area contributed by atoms with E-state index >= 15 is 0 Å². The van der Waals surface area contributed by atoms with E-state index < -0.39 is 0 Å². The van der Waals surface area contributed by atoms with Crippen molar-refractivity contribution in [1.82, 2.24) is 9.38 Å². The van der Waals surface area contributed by atoms with Crippen LogP contribution in [0.2, 0.25) is 0 Å². The highest BCUT2D eigenvalue weighted by Gasteiger charge is 2.25. The van der Waals surface area contributed by atoms with Gasteiger partial charge in [0, 0.05) is 30.9 Å². The van der Waals surface area contributed by atoms with Gasteiger partial charge in [0.2, 0.25) is 5.91 Å². The van der Waals surface area contributed by atoms with E-state index in [1.165, 1.54) is 12.1 Å². The molecule has 1 aromatic carbocycles. The number of amides is 1. The first-order valence-corrected chi connectivity index (χ1v) is 6.76. The summed E-state index contributed by atoms with van der Waals surface area (Å²) in [6, 6.07) is 10.0. The Balaban J connectivity index is 1.75. The van der Waals surface area contributed by atoms with Crippen LogP contribution in [0, 0.1) is 5.82 Å². The first-order chi connectivity index (χ1) is 10.2. The normalized spacial score (nSPS) is 14.5. The highest BCUT2D eigenvalue weighted by molar-refractivity contribution is 5.99. The van der Waals surface area contributed by atoms with Crippen LogP contribution in [0.5, 0.6) is 0 Å². The minimum absolute atomic E-state index is 0.147. The average Bonchev–Trinajstić information content (AvgIpc) is 2.89. The van der Waals surface area contributed by atoms with Gasteiger partial charge in [-0.25, -0.2) is 9.37 Å². The fourth-order valence-electron chi connectivity index (χ4n) is 2.49. The third-order valence-electron chi connectivity index (χ3n) is 3.74. The minimum Gasteiger partial charge on any atom is -0.310 e. The molecule has 2 aromatic heterocycles. The Hall–Kier alpha value is -2.69. The average molecular weight is 281 g/mol. The lowest BCUT2D eigenvalue weighted by molar-refractivity contribution is -0.122. The van der Waals surface area contributed by atoms with Crippen LogP contribution >= 0.6 is 0 Å². The van der Waals surface area contributed by atoms with Crippen LogP contribution in [-0.2, 0) is 4.79 Å². The van der Waals surface area contributed by atoms with E-state index in [9.17, 15) is 9.18 Å². The number of fused-ring (bicyclic) bond motifs is 1. The topological polar surface area (TPSA) is 37.6 Å².